The minimum atomic E-state index is -3.49. The first-order valence-electron chi connectivity index (χ1n) is 8.83. The van der Waals surface area contributed by atoms with Gasteiger partial charge in [0, 0.05) is 35.9 Å². The third kappa shape index (κ3) is 4.15. The van der Waals surface area contributed by atoms with Gasteiger partial charge in [0.25, 0.3) is 0 Å². The maximum absolute atomic E-state index is 12.2. The molecule has 0 spiro atoms. The molecule has 4 rings (SSSR count). The quantitative estimate of drug-likeness (QED) is 0.334. The Balaban J connectivity index is 1.56. The van der Waals surface area contributed by atoms with Crippen LogP contribution in [-0.4, -0.2) is 44.0 Å². The van der Waals surface area contributed by atoms with Crippen molar-refractivity contribution in [2.45, 2.75) is 4.21 Å². The summed E-state index contributed by atoms with van der Waals surface area (Å²) in [6.45, 7) is 0.607. The number of nitrogens with one attached hydrogen (secondary N) is 2. The Hall–Kier alpha value is -2.40. The van der Waals surface area contributed by atoms with Crippen LogP contribution in [-0.2, 0) is 10.0 Å². The fourth-order valence-corrected chi connectivity index (χ4v) is 5.17. The van der Waals surface area contributed by atoms with Gasteiger partial charge in [-0.15, -0.1) is 11.3 Å². The van der Waals surface area contributed by atoms with Gasteiger partial charge in [-0.25, -0.2) is 18.1 Å². The molecule has 7 nitrogen and oxygen atoms in total. The highest BCUT2D eigenvalue weighted by atomic mass is 35.5. The van der Waals surface area contributed by atoms with Gasteiger partial charge in [-0.2, -0.15) is 9.61 Å². The van der Waals surface area contributed by atoms with Crippen molar-refractivity contribution in [1.29, 1.82) is 0 Å². The van der Waals surface area contributed by atoms with Gasteiger partial charge in [0.2, 0.25) is 10.0 Å². The molecule has 0 radical (unpaired) electrons. The molecule has 0 amide bonds. The molecule has 0 unspecified atom stereocenters. The molecule has 2 N–H and O–H groups in total. The van der Waals surface area contributed by atoms with Crippen LogP contribution in [0.5, 0.6) is 0 Å². The first kappa shape index (κ1) is 19.9. The number of fused-ring (bicyclic) bond motifs is 1. The molecule has 1 aromatic carbocycles. The molecule has 0 atom stereocenters. The highest BCUT2D eigenvalue weighted by molar-refractivity contribution is 7.91. The highest BCUT2D eigenvalue weighted by Crippen LogP contribution is 2.28. The number of hydrogen-bond donors (Lipinski definition) is 2. The highest BCUT2D eigenvalue weighted by Gasteiger charge is 2.15. The number of halogens is 1. The van der Waals surface area contributed by atoms with E-state index in [1.807, 2.05) is 38.2 Å². The lowest BCUT2D eigenvalue weighted by Gasteiger charge is -2.12. The van der Waals surface area contributed by atoms with Crippen LogP contribution in [0.15, 0.2) is 58.3 Å². The van der Waals surface area contributed by atoms with Crippen molar-refractivity contribution in [3.8, 4) is 11.3 Å². The zero-order valence-electron chi connectivity index (χ0n) is 15.5. The van der Waals surface area contributed by atoms with E-state index in [-0.39, 0.29) is 6.54 Å². The predicted molar refractivity (Wildman–Crippen MR) is 120 cm³/mol. The van der Waals surface area contributed by atoms with Crippen molar-refractivity contribution in [2.75, 3.05) is 18.4 Å². The lowest BCUT2D eigenvalue weighted by molar-refractivity contribution is 0.585. The van der Waals surface area contributed by atoms with Crippen molar-refractivity contribution in [3.05, 3.63) is 59.1 Å². The van der Waals surface area contributed by atoms with E-state index in [1.54, 1.807) is 28.2 Å². The largest absolute Gasteiger partial charge is 0.369 e. The molecular weight excluding hydrogens is 429 g/mol. The Labute approximate surface area is 178 Å². The summed E-state index contributed by atoms with van der Waals surface area (Å²) >= 11 is 7.53. The van der Waals surface area contributed by atoms with E-state index >= 15 is 0 Å². The van der Waals surface area contributed by atoms with Gasteiger partial charge in [-0.05, 0) is 23.0 Å². The molecule has 4 aromatic rings. The number of thiophene rings is 1. The van der Waals surface area contributed by atoms with E-state index in [9.17, 15) is 8.42 Å². The second kappa shape index (κ2) is 8.15. The summed E-state index contributed by atoms with van der Waals surface area (Å²) in [4.78, 5) is 4.69. The Bertz CT molecular complexity index is 1260. The molecule has 0 bridgehead atoms. The molecule has 148 valence electrons. The van der Waals surface area contributed by atoms with E-state index in [1.165, 1.54) is 11.3 Å². The zero-order chi connectivity index (χ0) is 20.4. The van der Waals surface area contributed by atoms with E-state index < -0.39 is 10.0 Å². The number of hydrogen-bond acceptors (Lipinski definition) is 6. The van der Waals surface area contributed by atoms with Gasteiger partial charge < -0.3 is 5.32 Å². The molecule has 0 saturated carbocycles. The van der Waals surface area contributed by atoms with Gasteiger partial charge in [0.05, 0.1) is 5.69 Å². The Kier molecular flexibility index (Phi) is 5.59. The molecule has 29 heavy (non-hydrogen) atoms. The molecule has 3 heterocycles. The Morgan fingerprint density at radius 2 is 2.00 bits per heavy atom. The van der Waals surface area contributed by atoms with E-state index in [0.29, 0.717) is 32.9 Å². The summed E-state index contributed by atoms with van der Waals surface area (Å²) in [5.41, 5.74) is 3.18. The number of nitrogens with zero attached hydrogens (tertiary/aromatic N) is 3. The summed E-state index contributed by atoms with van der Waals surface area (Å²) in [6, 6.07) is 12.6. The van der Waals surface area contributed by atoms with Crippen LogP contribution in [0.25, 0.3) is 16.9 Å². The van der Waals surface area contributed by atoms with Crippen LogP contribution in [0, 0.1) is 0 Å². The van der Waals surface area contributed by atoms with Gasteiger partial charge in [-0.1, -0.05) is 35.9 Å². The van der Waals surface area contributed by atoms with E-state index in [0.717, 1.165) is 11.0 Å². The van der Waals surface area contributed by atoms with Gasteiger partial charge in [-0.3, -0.25) is 0 Å². The fourth-order valence-electron chi connectivity index (χ4n) is 2.87. The maximum atomic E-state index is 12.2. The first-order chi connectivity index (χ1) is 14.0. The number of rotatable bonds is 7. The normalized spacial score (nSPS) is 11.8. The summed E-state index contributed by atoms with van der Waals surface area (Å²) in [5, 5.41) is 9.95. The van der Waals surface area contributed by atoms with Gasteiger partial charge in [0.1, 0.15) is 17.9 Å². The second-order valence-electron chi connectivity index (χ2n) is 6.33. The topological polar surface area (TPSA) is 88.4 Å². The van der Waals surface area contributed by atoms with E-state index in [2.05, 4.69) is 15.1 Å². The van der Waals surface area contributed by atoms with Crippen molar-refractivity contribution in [1.82, 2.24) is 19.3 Å². The van der Waals surface area contributed by atoms with Crippen molar-refractivity contribution in [3.63, 3.8) is 0 Å². The zero-order valence-corrected chi connectivity index (χ0v) is 17.9. The fraction of sp³-hybridized carbons (Fsp3) is 0.111. The average molecular weight is 446 g/mol. The minimum Gasteiger partial charge on any atom is -0.369 e. The molecule has 0 aliphatic carbocycles. The average Bonchev–Trinajstić information content (AvgIpc) is 3.37. The Morgan fingerprint density at radius 1 is 1.17 bits per heavy atom. The van der Waals surface area contributed by atoms with Crippen molar-refractivity contribution in [2.24, 2.45) is 0 Å². The lowest BCUT2D eigenvalue weighted by Crippen LogP contribution is -2.28. The number of sulfonamides is 1. The molecule has 0 aliphatic heterocycles. The van der Waals surface area contributed by atoms with Crippen LogP contribution >= 0.6 is 22.9 Å². The molecule has 11 heteroatoms. The predicted octanol–water partition coefficient (Wildman–Crippen LogP) is 1.76. The lowest BCUT2D eigenvalue weighted by atomic mass is 10.0. The number of aromatic nitrogens is 3. The summed E-state index contributed by atoms with van der Waals surface area (Å²) in [7, 11) is -1.56. The summed E-state index contributed by atoms with van der Waals surface area (Å²) in [5.74, 6) is 0.702. The summed E-state index contributed by atoms with van der Waals surface area (Å²) < 4.78 is 29.0. The van der Waals surface area contributed by atoms with Crippen molar-refractivity contribution < 1.29 is 8.42 Å². The van der Waals surface area contributed by atoms with Crippen molar-refractivity contribution >= 4 is 57.7 Å². The van der Waals surface area contributed by atoms with Crippen LogP contribution in [0.1, 0.15) is 0 Å². The molecule has 3 aromatic heterocycles. The third-order valence-electron chi connectivity index (χ3n) is 4.28. The van der Waals surface area contributed by atoms with Crippen LogP contribution in [0.3, 0.4) is 0 Å². The van der Waals surface area contributed by atoms with Crippen LogP contribution < -0.4 is 15.5 Å². The minimum absolute atomic E-state index is 0.228. The third-order valence-corrected chi connectivity index (χ3v) is 7.47. The number of benzene rings is 1. The second-order valence-corrected chi connectivity index (χ2v) is 9.67. The number of anilines is 1. The standard InChI is InChI=1S/C18H17BClN5O2S2/c19-13-11-22-25-16(21-7-8-23-29(26,27)17-6-3-9-28-17)10-15(24-18(13)25)12-4-1-2-5-14(12)20/h1-6,9-11,21,23H,7-8,19H2. The van der Waals surface area contributed by atoms with E-state index in [4.69, 9.17) is 16.6 Å². The maximum Gasteiger partial charge on any atom is 0.250 e. The van der Waals surface area contributed by atoms with Crippen LogP contribution in [0.2, 0.25) is 5.02 Å². The Morgan fingerprint density at radius 3 is 2.76 bits per heavy atom. The molecular formula is C18H17BClN5O2S2. The molecule has 0 aliphatic rings. The van der Waals surface area contributed by atoms with Crippen LogP contribution in [0.4, 0.5) is 5.82 Å². The molecule has 0 saturated heterocycles. The summed E-state index contributed by atoms with van der Waals surface area (Å²) in [6.07, 6.45) is 1.74. The van der Waals surface area contributed by atoms with Gasteiger partial charge >= 0.3 is 0 Å². The smallest absolute Gasteiger partial charge is 0.250 e. The monoisotopic (exact) mass is 445 g/mol. The van der Waals surface area contributed by atoms with Gasteiger partial charge in [0.15, 0.2) is 5.65 Å². The molecule has 0 fully saturated rings. The first-order valence-corrected chi connectivity index (χ1v) is 11.6. The SMILES string of the molecule is Bc1cnn2c(NCCNS(=O)(=O)c3cccs3)cc(-c3ccccc3Cl)nc12.